The number of pyridine rings is 1. The van der Waals surface area contributed by atoms with Crippen molar-refractivity contribution in [1.82, 2.24) is 4.98 Å². The minimum atomic E-state index is 0. The minimum Gasteiger partial charge on any atom is -0.493 e. The molecule has 1 aliphatic rings. The summed E-state index contributed by atoms with van der Waals surface area (Å²) >= 11 is 0. The van der Waals surface area contributed by atoms with E-state index in [0.29, 0.717) is 5.75 Å². The van der Waals surface area contributed by atoms with Crippen LogP contribution in [0.2, 0.25) is 0 Å². The van der Waals surface area contributed by atoms with Gasteiger partial charge in [-0.1, -0.05) is 0 Å². The van der Waals surface area contributed by atoms with Gasteiger partial charge in [0.1, 0.15) is 0 Å². The molecule has 6 heteroatoms. The fourth-order valence-corrected chi connectivity index (χ4v) is 2.54. The third-order valence-electron chi connectivity index (χ3n) is 3.58. The lowest BCUT2D eigenvalue weighted by Crippen LogP contribution is -2.36. The Balaban J connectivity index is 0.00000161. The molecule has 0 unspecified atom stereocenters. The largest absolute Gasteiger partial charge is 0.493 e. The van der Waals surface area contributed by atoms with Crippen molar-refractivity contribution in [3.05, 3.63) is 24.4 Å². The Kier molecular flexibility index (Phi) is 5.09. The number of anilines is 1. The normalized spacial score (nSPS) is 14.7. The van der Waals surface area contributed by atoms with Crippen LogP contribution in [0.3, 0.4) is 0 Å². The predicted octanol–water partition coefficient (Wildman–Crippen LogP) is 2.51. The zero-order chi connectivity index (χ0) is 13.9. The van der Waals surface area contributed by atoms with Crippen LogP contribution < -0.4 is 14.4 Å². The molecule has 0 saturated carbocycles. The number of rotatable bonds is 3. The van der Waals surface area contributed by atoms with E-state index in [1.165, 1.54) is 5.69 Å². The Morgan fingerprint density at radius 3 is 2.43 bits per heavy atom. The fraction of sp³-hybridized carbons (Fsp3) is 0.400. The van der Waals surface area contributed by atoms with Crippen molar-refractivity contribution in [2.45, 2.75) is 0 Å². The number of aromatic nitrogens is 1. The smallest absolute Gasteiger partial charge is 0.162 e. The van der Waals surface area contributed by atoms with Crippen LogP contribution in [0, 0.1) is 0 Å². The average Bonchev–Trinajstić information content (AvgIpc) is 2.53. The highest BCUT2D eigenvalue weighted by molar-refractivity contribution is 5.94. The van der Waals surface area contributed by atoms with E-state index in [-0.39, 0.29) is 12.4 Å². The predicted molar refractivity (Wildman–Crippen MR) is 85.1 cm³/mol. The van der Waals surface area contributed by atoms with Gasteiger partial charge in [-0.05, 0) is 12.1 Å². The van der Waals surface area contributed by atoms with Crippen LogP contribution in [0.15, 0.2) is 24.4 Å². The number of halogens is 1. The van der Waals surface area contributed by atoms with Crippen LogP contribution in [-0.4, -0.2) is 45.5 Å². The number of nitrogens with zero attached hydrogens (tertiary/aromatic N) is 2. The molecular formula is C15H19ClN2O3. The first kappa shape index (κ1) is 15.7. The molecule has 1 fully saturated rings. The molecule has 0 spiro atoms. The van der Waals surface area contributed by atoms with E-state index in [9.17, 15) is 0 Å². The van der Waals surface area contributed by atoms with Crippen molar-refractivity contribution in [2.75, 3.05) is 45.4 Å². The number of ether oxygens (including phenoxy) is 3. The third kappa shape index (κ3) is 2.99. The lowest BCUT2D eigenvalue weighted by molar-refractivity contribution is 0.123. The molecule has 21 heavy (non-hydrogen) atoms. The standard InChI is InChI=1S/C15H18N2O3.ClH/c1-18-14-9-11-12(10-15(14)19-2)16-4-3-13(11)17-5-7-20-8-6-17;/h3-4,9-10H,5-8H2,1-2H3;1H. The molecular weight excluding hydrogens is 292 g/mol. The molecule has 2 aromatic rings. The molecule has 1 aromatic carbocycles. The van der Waals surface area contributed by atoms with Gasteiger partial charge in [0.15, 0.2) is 11.5 Å². The molecule has 3 rings (SSSR count). The molecule has 1 saturated heterocycles. The number of benzene rings is 1. The number of hydrogen-bond acceptors (Lipinski definition) is 5. The Morgan fingerprint density at radius 1 is 1.10 bits per heavy atom. The van der Waals surface area contributed by atoms with Gasteiger partial charge in [0.25, 0.3) is 0 Å². The van der Waals surface area contributed by atoms with Gasteiger partial charge in [-0.3, -0.25) is 4.98 Å². The summed E-state index contributed by atoms with van der Waals surface area (Å²) in [5, 5.41) is 1.08. The summed E-state index contributed by atoms with van der Waals surface area (Å²) < 4.78 is 16.1. The van der Waals surface area contributed by atoms with Crippen molar-refractivity contribution >= 4 is 29.0 Å². The molecule has 1 aliphatic heterocycles. The summed E-state index contributed by atoms with van der Waals surface area (Å²) in [6, 6.07) is 5.95. The zero-order valence-electron chi connectivity index (χ0n) is 12.2. The maximum absolute atomic E-state index is 5.41. The summed E-state index contributed by atoms with van der Waals surface area (Å²) in [6.07, 6.45) is 1.83. The molecule has 0 radical (unpaired) electrons. The molecule has 114 valence electrons. The van der Waals surface area contributed by atoms with Crippen LogP contribution in [-0.2, 0) is 4.74 Å². The third-order valence-corrected chi connectivity index (χ3v) is 3.58. The van der Waals surface area contributed by atoms with Gasteiger partial charge in [0, 0.05) is 36.4 Å². The van der Waals surface area contributed by atoms with Gasteiger partial charge in [-0.25, -0.2) is 0 Å². The highest BCUT2D eigenvalue weighted by atomic mass is 35.5. The molecule has 2 heterocycles. The van der Waals surface area contributed by atoms with E-state index in [4.69, 9.17) is 14.2 Å². The van der Waals surface area contributed by atoms with E-state index in [1.54, 1.807) is 14.2 Å². The highest BCUT2D eigenvalue weighted by Crippen LogP contribution is 2.35. The summed E-state index contributed by atoms with van der Waals surface area (Å²) in [4.78, 5) is 6.75. The molecule has 0 aliphatic carbocycles. The summed E-state index contributed by atoms with van der Waals surface area (Å²) in [7, 11) is 3.28. The lowest BCUT2D eigenvalue weighted by atomic mass is 10.1. The second-order valence-corrected chi connectivity index (χ2v) is 4.65. The van der Waals surface area contributed by atoms with Gasteiger partial charge >= 0.3 is 0 Å². The second kappa shape index (κ2) is 6.83. The summed E-state index contributed by atoms with van der Waals surface area (Å²) in [6.45, 7) is 3.31. The van der Waals surface area contributed by atoms with Crippen molar-refractivity contribution in [3.8, 4) is 11.5 Å². The van der Waals surface area contributed by atoms with Crippen LogP contribution in [0.5, 0.6) is 11.5 Å². The number of fused-ring (bicyclic) bond motifs is 1. The Bertz CT molecular complexity index is 615. The van der Waals surface area contributed by atoms with Crippen molar-refractivity contribution < 1.29 is 14.2 Å². The first-order chi connectivity index (χ1) is 9.83. The second-order valence-electron chi connectivity index (χ2n) is 4.65. The van der Waals surface area contributed by atoms with E-state index in [0.717, 1.165) is 43.0 Å². The molecule has 5 nitrogen and oxygen atoms in total. The van der Waals surface area contributed by atoms with Crippen molar-refractivity contribution in [1.29, 1.82) is 0 Å². The van der Waals surface area contributed by atoms with Gasteiger partial charge in [0.05, 0.1) is 33.0 Å². The van der Waals surface area contributed by atoms with Crippen molar-refractivity contribution in [2.24, 2.45) is 0 Å². The molecule has 0 N–H and O–H groups in total. The Morgan fingerprint density at radius 2 is 1.76 bits per heavy atom. The molecule has 0 atom stereocenters. The topological polar surface area (TPSA) is 43.8 Å². The van der Waals surface area contributed by atoms with Crippen LogP contribution in [0.4, 0.5) is 5.69 Å². The van der Waals surface area contributed by atoms with E-state index in [1.807, 2.05) is 24.4 Å². The van der Waals surface area contributed by atoms with E-state index >= 15 is 0 Å². The number of methoxy groups -OCH3 is 2. The van der Waals surface area contributed by atoms with Crippen LogP contribution in [0.1, 0.15) is 0 Å². The summed E-state index contributed by atoms with van der Waals surface area (Å²) in [5.74, 6) is 1.43. The SMILES string of the molecule is COc1cc2nccc(N3CCOCC3)c2cc1OC.Cl. The van der Waals surface area contributed by atoms with Gasteiger partial charge < -0.3 is 19.1 Å². The zero-order valence-corrected chi connectivity index (χ0v) is 13.0. The quantitative estimate of drug-likeness (QED) is 0.871. The number of hydrogen-bond donors (Lipinski definition) is 0. The highest BCUT2D eigenvalue weighted by Gasteiger charge is 2.16. The molecule has 0 bridgehead atoms. The van der Waals surface area contributed by atoms with Gasteiger partial charge in [-0.2, -0.15) is 0 Å². The maximum Gasteiger partial charge on any atom is 0.162 e. The lowest BCUT2D eigenvalue weighted by Gasteiger charge is -2.29. The van der Waals surface area contributed by atoms with E-state index < -0.39 is 0 Å². The number of morpholine rings is 1. The minimum absolute atomic E-state index is 0. The van der Waals surface area contributed by atoms with Crippen LogP contribution in [0.25, 0.3) is 10.9 Å². The van der Waals surface area contributed by atoms with E-state index in [2.05, 4.69) is 9.88 Å². The summed E-state index contributed by atoms with van der Waals surface area (Å²) in [5.41, 5.74) is 2.07. The average molecular weight is 311 g/mol. The fourth-order valence-electron chi connectivity index (χ4n) is 2.54. The molecule has 0 amide bonds. The van der Waals surface area contributed by atoms with Crippen molar-refractivity contribution in [3.63, 3.8) is 0 Å². The van der Waals surface area contributed by atoms with Gasteiger partial charge in [-0.15, -0.1) is 12.4 Å². The first-order valence-corrected chi connectivity index (χ1v) is 6.67. The van der Waals surface area contributed by atoms with Gasteiger partial charge in [0.2, 0.25) is 0 Å². The van der Waals surface area contributed by atoms with Crippen LogP contribution >= 0.6 is 12.4 Å². The Hall–Kier alpha value is -1.72. The first-order valence-electron chi connectivity index (χ1n) is 6.67. The Labute approximate surface area is 130 Å². The monoisotopic (exact) mass is 310 g/mol. The maximum atomic E-state index is 5.41. The molecule has 1 aromatic heterocycles.